The first-order valence-electron chi connectivity index (χ1n) is 6.21. The third kappa shape index (κ3) is 2.29. The summed E-state index contributed by atoms with van der Waals surface area (Å²) in [4.78, 5) is 2.22. The maximum absolute atomic E-state index is 14.0. The molecule has 0 radical (unpaired) electrons. The molecule has 17 heavy (non-hydrogen) atoms. The molecule has 0 unspecified atom stereocenters. The molecule has 1 aromatic rings. The molecule has 1 saturated heterocycles. The topological polar surface area (TPSA) is 23.5 Å². The summed E-state index contributed by atoms with van der Waals surface area (Å²) in [6.07, 6.45) is 2.32. The lowest BCUT2D eigenvalue weighted by Crippen LogP contribution is -2.29. The molecule has 1 heterocycles. The molecule has 1 aliphatic heterocycles. The summed E-state index contributed by atoms with van der Waals surface area (Å²) in [6.45, 7) is 5.68. The number of rotatable bonds is 3. The zero-order valence-electron chi connectivity index (χ0n) is 10.5. The minimum absolute atomic E-state index is 0.0469. The fourth-order valence-corrected chi connectivity index (χ4v) is 2.48. The van der Waals surface area contributed by atoms with E-state index in [9.17, 15) is 9.50 Å². The molecule has 3 heteroatoms. The molecule has 0 bridgehead atoms. The van der Waals surface area contributed by atoms with Gasteiger partial charge in [0.15, 0.2) is 0 Å². The molecule has 0 amide bonds. The van der Waals surface area contributed by atoms with Gasteiger partial charge < -0.3 is 10.0 Å². The van der Waals surface area contributed by atoms with Crippen LogP contribution >= 0.6 is 0 Å². The van der Waals surface area contributed by atoms with E-state index in [2.05, 4.69) is 4.90 Å². The highest BCUT2D eigenvalue weighted by Crippen LogP contribution is 2.35. The summed E-state index contributed by atoms with van der Waals surface area (Å²) in [6, 6.07) is 5.19. The molecular weight excluding hydrogens is 217 g/mol. The number of hydrogen-bond acceptors (Lipinski definition) is 2. The van der Waals surface area contributed by atoms with Crippen molar-refractivity contribution in [1.82, 2.24) is 0 Å². The van der Waals surface area contributed by atoms with Gasteiger partial charge in [0.1, 0.15) is 5.82 Å². The molecule has 94 valence electrons. The quantitative estimate of drug-likeness (QED) is 0.873. The summed E-state index contributed by atoms with van der Waals surface area (Å²) in [5, 5.41) is 9.45. The standard InChI is InChI=1S/C14H20FNO/c1-14(2,10-17)13-11(15)6-5-7-12(13)16-8-3-4-9-16/h5-7,17H,3-4,8-10H2,1-2H3. The normalized spacial score (nSPS) is 16.6. The van der Waals surface area contributed by atoms with E-state index in [-0.39, 0.29) is 12.4 Å². The van der Waals surface area contributed by atoms with Gasteiger partial charge in [-0.25, -0.2) is 4.39 Å². The van der Waals surface area contributed by atoms with Gasteiger partial charge in [-0.2, -0.15) is 0 Å². The van der Waals surface area contributed by atoms with Crippen LogP contribution in [-0.4, -0.2) is 24.8 Å². The Labute approximate surface area is 102 Å². The lowest BCUT2D eigenvalue weighted by Gasteiger charge is -2.30. The smallest absolute Gasteiger partial charge is 0.129 e. The highest BCUT2D eigenvalue weighted by molar-refractivity contribution is 5.57. The Bertz CT molecular complexity index is 397. The van der Waals surface area contributed by atoms with Gasteiger partial charge in [0.25, 0.3) is 0 Å². The van der Waals surface area contributed by atoms with Crippen molar-refractivity contribution in [2.24, 2.45) is 0 Å². The van der Waals surface area contributed by atoms with E-state index < -0.39 is 5.41 Å². The molecule has 1 N–H and O–H groups in total. The van der Waals surface area contributed by atoms with E-state index in [0.29, 0.717) is 5.56 Å². The van der Waals surface area contributed by atoms with Crippen LogP contribution in [0.1, 0.15) is 32.3 Å². The molecule has 2 nitrogen and oxygen atoms in total. The molecule has 1 aromatic carbocycles. The van der Waals surface area contributed by atoms with Gasteiger partial charge in [0, 0.05) is 29.8 Å². The SMILES string of the molecule is CC(C)(CO)c1c(F)cccc1N1CCCC1. The maximum Gasteiger partial charge on any atom is 0.129 e. The van der Waals surface area contributed by atoms with Crippen molar-refractivity contribution in [3.8, 4) is 0 Å². The number of nitrogens with zero attached hydrogens (tertiary/aromatic N) is 1. The third-order valence-electron chi connectivity index (χ3n) is 3.51. The first kappa shape index (κ1) is 12.4. The molecule has 0 aliphatic carbocycles. The van der Waals surface area contributed by atoms with Crippen LogP contribution in [0.5, 0.6) is 0 Å². The Hall–Kier alpha value is -1.09. The lowest BCUT2D eigenvalue weighted by molar-refractivity contribution is 0.215. The van der Waals surface area contributed by atoms with Gasteiger partial charge in [-0.3, -0.25) is 0 Å². The number of benzene rings is 1. The minimum Gasteiger partial charge on any atom is -0.395 e. The van der Waals surface area contributed by atoms with E-state index in [0.717, 1.165) is 31.6 Å². The fourth-order valence-electron chi connectivity index (χ4n) is 2.48. The molecule has 1 fully saturated rings. The van der Waals surface area contributed by atoms with Crippen LogP contribution in [0.4, 0.5) is 10.1 Å². The Morgan fingerprint density at radius 1 is 1.29 bits per heavy atom. The van der Waals surface area contributed by atoms with Gasteiger partial charge in [-0.15, -0.1) is 0 Å². The largest absolute Gasteiger partial charge is 0.395 e. The average molecular weight is 237 g/mol. The second-order valence-corrected chi connectivity index (χ2v) is 5.37. The molecule has 0 spiro atoms. The number of halogens is 1. The summed E-state index contributed by atoms with van der Waals surface area (Å²) in [5.41, 5.74) is 1.05. The van der Waals surface area contributed by atoms with E-state index >= 15 is 0 Å². The van der Waals surface area contributed by atoms with Crippen molar-refractivity contribution in [3.05, 3.63) is 29.6 Å². The van der Waals surface area contributed by atoms with E-state index in [4.69, 9.17) is 0 Å². The molecule has 1 aliphatic rings. The average Bonchev–Trinajstić information content (AvgIpc) is 2.81. The van der Waals surface area contributed by atoms with Crippen LogP contribution in [0.15, 0.2) is 18.2 Å². The zero-order valence-corrected chi connectivity index (χ0v) is 10.5. The van der Waals surface area contributed by atoms with Crippen LogP contribution in [0.2, 0.25) is 0 Å². The van der Waals surface area contributed by atoms with Crippen molar-refractivity contribution in [1.29, 1.82) is 0 Å². The molecular formula is C14H20FNO. The van der Waals surface area contributed by atoms with Crippen molar-refractivity contribution in [2.45, 2.75) is 32.1 Å². The van der Waals surface area contributed by atoms with E-state index in [1.807, 2.05) is 19.9 Å². The van der Waals surface area contributed by atoms with E-state index in [1.54, 1.807) is 6.07 Å². The summed E-state index contributed by atoms with van der Waals surface area (Å²) in [5.74, 6) is -0.214. The van der Waals surface area contributed by atoms with Gasteiger partial charge in [-0.1, -0.05) is 19.9 Å². The van der Waals surface area contributed by atoms with Gasteiger partial charge >= 0.3 is 0 Å². The third-order valence-corrected chi connectivity index (χ3v) is 3.51. The summed E-state index contributed by atoms with van der Waals surface area (Å²) >= 11 is 0. The van der Waals surface area contributed by atoms with E-state index in [1.165, 1.54) is 6.07 Å². The van der Waals surface area contributed by atoms with Crippen LogP contribution in [0.3, 0.4) is 0 Å². The first-order chi connectivity index (χ1) is 8.06. The predicted molar refractivity (Wildman–Crippen MR) is 68.0 cm³/mol. The van der Waals surface area contributed by atoms with Crippen LogP contribution in [0.25, 0.3) is 0 Å². The molecule has 2 rings (SSSR count). The maximum atomic E-state index is 14.0. The van der Waals surface area contributed by atoms with Crippen molar-refractivity contribution >= 4 is 5.69 Å². The van der Waals surface area contributed by atoms with Gasteiger partial charge in [0.05, 0.1) is 6.61 Å². The second kappa shape index (κ2) is 4.65. The zero-order chi connectivity index (χ0) is 12.5. The Kier molecular flexibility index (Phi) is 3.38. The van der Waals surface area contributed by atoms with Crippen LogP contribution < -0.4 is 4.90 Å². The predicted octanol–water partition coefficient (Wildman–Crippen LogP) is 2.70. The second-order valence-electron chi connectivity index (χ2n) is 5.37. The molecule has 0 atom stereocenters. The summed E-state index contributed by atoms with van der Waals surface area (Å²) < 4.78 is 14.0. The van der Waals surface area contributed by atoms with Crippen LogP contribution in [-0.2, 0) is 5.41 Å². The number of hydrogen-bond donors (Lipinski definition) is 1. The summed E-state index contributed by atoms with van der Waals surface area (Å²) in [7, 11) is 0. The monoisotopic (exact) mass is 237 g/mol. The highest BCUT2D eigenvalue weighted by atomic mass is 19.1. The van der Waals surface area contributed by atoms with Crippen molar-refractivity contribution in [3.63, 3.8) is 0 Å². The van der Waals surface area contributed by atoms with Gasteiger partial charge in [0.2, 0.25) is 0 Å². The van der Waals surface area contributed by atoms with Crippen LogP contribution in [0, 0.1) is 5.82 Å². The fraction of sp³-hybridized carbons (Fsp3) is 0.571. The first-order valence-corrected chi connectivity index (χ1v) is 6.21. The lowest BCUT2D eigenvalue weighted by atomic mass is 9.83. The number of aliphatic hydroxyl groups is 1. The molecule has 0 saturated carbocycles. The Morgan fingerprint density at radius 2 is 1.94 bits per heavy atom. The number of aliphatic hydroxyl groups excluding tert-OH is 1. The number of anilines is 1. The minimum atomic E-state index is -0.538. The van der Waals surface area contributed by atoms with Crippen molar-refractivity contribution < 1.29 is 9.50 Å². The Morgan fingerprint density at radius 3 is 2.53 bits per heavy atom. The highest BCUT2D eigenvalue weighted by Gasteiger charge is 2.29. The van der Waals surface area contributed by atoms with Crippen molar-refractivity contribution in [2.75, 3.05) is 24.6 Å². The Balaban J connectivity index is 2.47. The van der Waals surface area contributed by atoms with Gasteiger partial charge in [-0.05, 0) is 25.0 Å². The molecule has 0 aromatic heterocycles.